The standard InChI is InChI=1S/C16H16ClNO2S2/c1-12-2-8-15(9-3-12)22(19,20)18-10-11-21-16(18)13-4-6-14(17)7-5-13/h2-9,16H,10-11H2,1H3. The molecule has 1 heterocycles. The molecule has 2 aromatic rings. The molecule has 2 aromatic carbocycles. The summed E-state index contributed by atoms with van der Waals surface area (Å²) >= 11 is 7.55. The normalized spacial score (nSPS) is 19.5. The number of nitrogens with zero attached hydrogens (tertiary/aromatic N) is 1. The molecule has 1 aliphatic heterocycles. The van der Waals surface area contributed by atoms with Crippen molar-refractivity contribution in [2.45, 2.75) is 17.2 Å². The van der Waals surface area contributed by atoms with Crippen LogP contribution in [0.1, 0.15) is 16.5 Å². The highest BCUT2D eigenvalue weighted by atomic mass is 35.5. The lowest BCUT2D eigenvalue weighted by atomic mass is 10.2. The van der Waals surface area contributed by atoms with E-state index in [1.807, 2.05) is 31.2 Å². The molecular formula is C16H16ClNO2S2. The van der Waals surface area contributed by atoms with Gasteiger partial charge in [0.05, 0.1) is 10.3 Å². The van der Waals surface area contributed by atoms with Crippen LogP contribution >= 0.6 is 23.4 Å². The van der Waals surface area contributed by atoms with Crippen LogP contribution in [0.2, 0.25) is 5.02 Å². The first-order chi connectivity index (χ1) is 10.5. The zero-order valence-electron chi connectivity index (χ0n) is 12.1. The molecule has 1 saturated heterocycles. The Morgan fingerprint density at radius 1 is 1.09 bits per heavy atom. The monoisotopic (exact) mass is 353 g/mol. The van der Waals surface area contributed by atoms with Crippen molar-refractivity contribution < 1.29 is 8.42 Å². The van der Waals surface area contributed by atoms with Gasteiger partial charge in [-0.15, -0.1) is 11.8 Å². The van der Waals surface area contributed by atoms with Gasteiger partial charge in [-0.2, -0.15) is 4.31 Å². The van der Waals surface area contributed by atoms with Gasteiger partial charge in [-0.3, -0.25) is 0 Å². The third-order valence-electron chi connectivity index (χ3n) is 3.63. The molecule has 0 N–H and O–H groups in total. The lowest BCUT2D eigenvalue weighted by molar-refractivity contribution is 0.434. The van der Waals surface area contributed by atoms with E-state index in [-0.39, 0.29) is 5.37 Å². The Bertz CT molecular complexity index is 758. The van der Waals surface area contributed by atoms with Crippen molar-refractivity contribution in [2.24, 2.45) is 0 Å². The van der Waals surface area contributed by atoms with E-state index in [4.69, 9.17) is 11.6 Å². The molecule has 116 valence electrons. The Hall–Kier alpha value is -1.01. The van der Waals surface area contributed by atoms with Crippen LogP contribution in [0.4, 0.5) is 0 Å². The third-order valence-corrected chi connectivity index (χ3v) is 7.16. The van der Waals surface area contributed by atoms with E-state index in [0.29, 0.717) is 16.5 Å². The molecule has 0 aliphatic carbocycles. The van der Waals surface area contributed by atoms with Crippen molar-refractivity contribution in [3.8, 4) is 0 Å². The smallest absolute Gasteiger partial charge is 0.207 e. The van der Waals surface area contributed by atoms with Crippen LogP contribution < -0.4 is 0 Å². The summed E-state index contributed by atoms with van der Waals surface area (Å²) in [6.45, 7) is 2.47. The molecule has 6 heteroatoms. The Kier molecular flexibility index (Phi) is 4.50. The topological polar surface area (TPSA) is 37.4 Å². The first kappa shape index (κ1) is 15.9. The predicted molar refractivity (Wildman–Crippen MR) is 91.7 cm³/mol. The Labute approximate surface area is 140 Å². The summed E-state index contributed by atoms with van der Waals surface area (Å²) in [5.41, 5.74) is 2.01. The zero-order valence-corrected chi connectivity index (χ0v) is 14.5. The van der Waals surface area contributed by atoms with Crippen LogP contribution in [0.25, 0.3) is 0 Å². The van der Waals surface area contributed by atoms with Gasteiger partial charge >= 0.3 is 0 Å². The maximum absolute atomic E-state index is 12.9. The van der Waals surface area contributed by atoms with Crippen molar-refractivity contribution in [2.75, 3.05) is 12.3 Å². The fourth-order valence-electron chi connectivity index (χ4n) is 2.44. The van der Waals surface area contributed by atoms with E-state index in [9.17, 15) is 8.42 Å². The first-order valence-electron chi connectivity index (χ1n) is 6.94. The number of aryl methyl sites for hydroxylation is 1. The molecule has 22 heavy (non-hydrogen) atoms. The minimum Gasteiger partial charge on any atom is -0.207 e. The van der Waals surface area contributed by atoms with Crippen molar-refractivity contribution in [3.05, 3.63) is 64.7 Å². The molecule has 0 bridgehead atoms. The quantitative estimate of drug-likeness (QED) is 0.834. The SMILES string of the molecule is Cc1ccc(S(=O)(=O)N2CCSC2c2ccc(Cl)cc2)cc1. The van der Waals surface area contributed by atoms with Crippen LogP contribution in [0.5, 0.6) is 0 Å². The molecule has 1 atom stereocenters. The zero-order chi connectivity index (χ0) is 15.7. The van der Waals surface area contributed by atoms with Crippen molar-refractivity contribution in [3.63, 3.8) is 0 Å². The average Bonchev–Trinajstić information content (AvgIpc) is 2.99. The van der Waals surface area contributed by atoms with E-state index in [1.54, 1.807) is 40.3 Å². The highest BCUT2D eigenvalue weighted by Crippen LogP contribution is 2.41. The number of halogens is 1. The van der Waals surface area contributed by atoms with E-state index in [0.717, 1.165) is 16.9 Å². The highest BCUT2D eigenvalue weighted by Gasteiger charge is 2.36. The predicted octanol–water partition coefficient (Wildman–Crippen LogP) is 4.08. The maximum atomic E-state index is 12.9. The second-order valence-electron chi connectivity index (χ2n) is 5.20. The lowest BCUT2D eigenvalue weighted by Gasteiger charge is -2.23. The molecule has 1 fully saturated rings. The minimum atomic E-state index is -3.48. The van der Waals surface area contributed by atoms with E-state index >= 15 is 0 Å². The summed E-state index contributed by atoms with van der Waals surface area (Å²) in [5.74, 6) is 0.790. The molecule has 1 aliphatic rings. The number of hydrogen-bond acceptors (Lipinski definition) is 3. The average molecular weight is 354 g/mol. The van der Waals surface area contributed by atoms with Crippen LogP contribution in [0.15, 0.2) is 53.4 Å². The van der Waals surface area contributed by atoms with Gasteiger partial charge in [0.25, 0.3) is 0 Å². The number of hydrogen-bond donors (Lipinski definition) is 0. The van der Waals surface area contributed by atoms with Gasteiger partial charge in [0.15, 0.2) is 0 Å². The number of rotatable bonds is 3. The second kappa shape index (κ2) is 6.24. The molecule has 1 unspecified atom stereocenters. The summed E-state index contributed by atoms with van der Waals surface area (Å²) < 4.78 is 27.3. The van der Waals surface area contributed by atoms with Gasteiger partial charge in [-0.1, -0.05) is 41.4 Å². The first-order valence-corrected chi connectivity index (χ1v) is 9.81. The Balaban J connectivity index is 1.95. The number of benzene rings is 2. The molecule has 0 amide bonds. The summed E-state index contributed by atoms with van der Waals surface area (Å²) in [5, 5.41) is 0.461. The van der Waals surface area contributed by atoms with Crippen molar-refractivity contribution >= 4 is 33.4 Å². The molecule has 0 spiro atoms. The molecular weight excluding hydrogens is 338 g/mol. The summed E-state index contributed by atoms with van der Waals surface area (Å²) in [7, 11) is -3.48. The fraction of sp³-hybridized carbons (Fsp3) is 0.250. The van der Waals surface area contributed by atoms with Gasteiger partial charge < -0.3 is 0 Å². The van der Waals surface area contributed by atoms with Crippen LogP contribution in [0, 0.1) is 6.92 Å². The number of sulfonamides is 1. The summed E-state index contributed by atoms with van der Waals surface area (Å²) in [6.07, 6.45) is 0. The Morgan fingerprint density at radius 3 is 2.36 bits per heavy atom. The second-order valence-corrected chi connectivity index (χ2v) is 8.72. The van der Waals surface area contributed by atoms with Crippen molar-refractivity contribution in [1.82, 2.24) is 4.31 Å². The molecule has 0 radical (unpaired) electrons. The summed E-state index contributed by atoms with van der Waals surface area (Å²) in [4.78, 5) is 0.347. The number of thioether (sulfide) groups is 1. The van der Waals surface area contributed by atoms with Gasteiger partial charge in [-0.05, 0) is 36.8 Å². The molecule has 3 rings (SSSR count). The van der Waals surface area contributed by atoms with Crippen LogP contribution in [-0.4, -0.2) is 25.0 Å². The van der Waals surface area contributed by atoms with Crippen LogP contribution in [0.3, 0.4) is 0 Å². The van der Waals surface area contributed by atoms with E-state index in [1.165, 1.54) is 0 Å². The summed E-state index contributed by atoms with van der Waals surface area (Å²) in [6, 6.07) is 14.4. The van der Waals surface area contributed by atoms with Gasteiger partial charge in [-0.25, -0.2) is 8.42 Å². The fourth-order valence-corrected chi connectivity index (χ4v) is 5.80. The molecule has 0 saturated carbocycles. The van der Waals surface area contributed by atoms with Crippen molar-refractivity contribution in [1.29, 1.82) is 0 Å². The van der Waals surface area contributed by atoms with Gasteiger partial charge in [0.1, 0.15) is 0 Å². The molecule has 3 nitrogen and oxygen atoms in total. The highest BCUT2D eigenvalue weighted by molar-refractivity contribution is 8.01. The van der Waals surface area contributed by atoms with Gasteiger partial charge in [0, 0.05) is 17.3 Å². The van der Waals surface area contributed by atoms with Gasteiger partial charge in [0.2, 0.25) is 10.0 Å². The minimum absolute atomic E-state index is 0.191. The van der Waals surface area contributed by atoms with E-state index < -0.39 is 10.0 Å². The third kappa shape index (κ3) is 3.04. The maximum Gasteiger partial charge on any atom is 0.244 e. The Morgan fingerprint density at radius 2 is 1.73 bits per heavy atom. The molecule has 0 aromatic heterocycles. The van der Waals surface area contributed by atoms with Crippen LogP contribution in [-0.2, 0) is 10.0 Å². The lowest BCUT2D eigenvalue weighted by Crippen LogP contribution is -2.30. The van der Waals surface area contributed by atoms with E-state index in [2.05, 4.69) is 0 Å². The largest absolute Gasteiger partial charge is 0.244 e.